The van der Waals surface area contributed by atoms with Crippen molar-refractivity contribution in [2.24, 2.45) is 0 Å². The molecule has 0 saturated carbocycles. The number of nitrogens with zero attached hydrogens (tertiary/aromatic N) is 4. The zero-order valence-electron chi connectivity index (χ0n) is 13.8. The first-order chi connectivity index (χ1) is 11.0. The van der Waals surface area contributed by atoms with Gasteiger partial charge < -0.3 is 4.90 Å². The number of aromatic nitrogens is 3. The summed E-state index contributed by atoms with van der Waals surface area (Å²) in [5.41, 5.74) is 1.12. The summed E-state index contributed by atoms with van der Waals surface area (Å²) in [5, 5.41) is 3.14. The first kappa shape index (κ1) is 16.1. The Hall–Kier alpha value is -1.82. The molecule has 0 spiro atoms. The second kappa shape index (κ2) is 6.35. The summed E-state index contributed by atoms with van der Waals surface area (Å²) in [5.74, 6) is 0.176. The fourth-order valence-electron chi connectivity index (χ4n) is 2.75. The van der Waals surface area contributed by atoms with Crippen LogP contribution in [0.2, 0.25) is 0 Å². The van der Waals surface area contributed by atoms with E-state index in [0.29, 0.717) is 0 Å². The largest absolute Gasteiger partial charge is 0.326 e. The van der Waals surface area contributed by atoms with Crippen LogP contribution < -0.4 is 0 Å². The summed E-state index contributed by atoms with van der Waals surface area (Å²) in [6.07, 6.45) is 6.32. The standard InChI is InChI=1S/C17H22N4OS/c1-17(2,3)13-11-23-15(20-13)12-7-4-5-10-21(12)16(22)14-18-8-6-9-19-14/h6,8-9,11-12H,4-5,7,10H2,1-3H3/t12-/m1/s1. The number of piperidine rings is 1. The lowest BCUT2D eigenvalue weighted by Gasteiger charge is -2.34. The van der Waals surface area contributed by atoms with Crippen LogP contribution in [0, 0.1) is 0 Å². The molecule has 0 radical (unpaired) electrons. The molecule has 3 rings (SSSR count). The van der Waals surface area contributed by atoms with E-state index >= 15 is 0 Å². The molecule has 1 atom stereocenters. The van der Waals surface area contributed by atoms with Crippen molar-refractivity contribution in [2.45, 2.75) is 51.5 Å². The predicted octanol–water partition coefficient (Wildman–Crippen LogP) is 3.60. The van der Waals surface area contributed by atoms with Crippen LogP contribution in [0.1, 0.15) is 67.4 Å². The van der Waals surface area contributed by atoms with Crippen molar-refractivity contribution in [1.29, 1.82) is 0 Å². The van der Waals surface area contributed by atoms with Gasteiger partial charge in [-0.3, -0.25) is 4.79 Å². The quantitative estimate of drug-likeness (QED) is 0.844. The van der Waals surface area contributed by atoms with Crippen LogP contribution in [0.4, 0.5) is 0 Å². The number of carbonyl (C=O) groups excluding carboxylic acids is 1. The second-order valence-electron chi connectivity index (χ2n) is 6.90. The van der Waals surface area contributed by atoms with Gasteiger partial charge in [0.15, 0.2) is 0 Å². The van der Waals surface area contributed by atoms with Crippen molar-refractivity contribution in [1.82, 2.24) is 19.9 Å². The number of hydrogen-bond acceptors (Lipinski definition) is 5. The van der Waals surface area contributed by atoms with Crippen LogP contribution in [0.3, 0.4) is 0 Å². The molecule has 3 heterocycles. The van der Waals surface area contributed by atoms with Crippen LogP contribution in [0.15, 0.2) is 23.8 Å². The highest BCUT2D eigenvalue weighted by Crippen LogP contribution is 2.35. The molecule has 1 saturated heterocycles. The molecule has 2 aromatic heterocycles. The molecule has 1 fully saturated rings. The molecule has 0 bridgehead atoms. The van der Waals surface area contributed by atoms with Crippen molar-refractivity contribution < 1.29 is 4.79 Å². The average Bonchev–Trinajstić information content (AvgIpc) is 3.05. The number of hydrogen-bond donors (Lipinski definition) is 0. The van der Waals surface area contributed by atoms with Crippen LogP contribution in [0.5, 0.6) is 0 Å². The van der Waals surface area contributed by atoms with Crippen LogP contribution in [0.25, 0.3) is 0 Å². The molecular formula is C17H22N4OS. The lowest BCUT2D eigenvalue weighted by atomic mass is 9.93. The predicted molar refractivity (Wildman–Crippen MR) is 90.5 cm³/mol. The summed E-state index contributed by atoms with van der Waals surface area (Å²) >= 11 is 1.65. The Morgan fingerprint density at radius 2 is 2.00 bits per heavy atom. The third-order valence-electron chi connectivity index (χ3n) is 4.10. The maximum Gasteiger partial charge on any atom is 0.292 e. The van der Waals surface area contributed by atoms with E-state index in [1.165, 1.54) is 0 Å². The minimum Gasteiger partial charge on any atom is -0.326 e. The van der Waals surface area contributed by atoms with Gasteiger partial charge in [0.2, 0.25) is 5.82 Å². The highest BCUT2D eigenvalue weighted by Gasteiger charge is 2.32. The third kappa shape index (κ3) is 3.42. The number of amides is 1. The van der Waals surface area contributed by atoms with Gasteiger partial charge in [0.1, 0.15) is 5.01 Å². The van der Waals surface area contributed by atoms with Gasteiger partial charge in [-0.1, -0.05) is 20.8 Å². The number of rotatable bonds is 2. The Labute approximate surface area is 140 Å². The Bertz CT molecular complexity index is 677. The highest BCUT2D eigenvalue weighted by molar-refractivity contribution is 7.09. The zero-order valence-corrected chi connectivity index (χ0v) is 14.6. The smallest absolute Gasteiger partial charge is 0.292 e. The molecular weight excluding hydrogens is 308 g/mol. The van der Waals surface area contributed by atoms with E-state index in [1.54, 1.807) is 29.8 Å². The monoisotopic (exact) mass is 330 g/mol. The maximum absolute atomic E-state index is 12.8. The first-order valence-corrected chi connectivity index (χ1v) is 8.88. The lowest BCUT2D eigenvalue weighted by molar-refractivity contribution is 0.0598. The van der Waals surface area contributed by atoms with Gasteiger partial charge in [-0.25, -0.2) is 15.0 Å². The fraction of sp³-hybridized carbons (Fsp3) is 0.529. The second-order valence-corrected chi connectivity index (χ2v) is 7.79. The first-order valence-electron chi connectivity index (χ1n) is 8.01. The number of carbonyl (C=O) groups is 1. The van der Waals surface area contributed by atoms with Gasteiger partial charge in [0.25, 0.3) is 5.91 Å². The van der Waals surface area contributed by atoms with E-state index in [4.69, 9.17) is 4.98 Å². The molecule has 0 aliphatic carbocycles. The molecule has 0 unspecified atom stereocenters. The molecule has 0 N–H and O–H groups in total. The highest BCUT2D eigenvalue weighted by atomic mass is 32.1. The molecule has 23 heavy (non-hydrogen) atoms. The van der Waals surface area contributed by atoms with Gasteiger partial charge in [-0.15, -0.1) is 11.3 Å². The minimum atomic E-state index is -0.0946. The van der Waals surface area contributed by atoms with E-state index in [1.807, 2.05) is 4.90 Å². The van der Waals surface area contributed by atoms with Crippen molar-refractivity contribution in [3.05, 3.63) is 40.4 Å². The van der Waals surface area contributed by atoms with Crippen molar-refractivity contribution in [3.8, 4) is 0 Å². The molecule has 122 valence electrons. The van der Waals surface area contributed by atoms with Gasteiger partial charge >= 0.3 is 0 Å². The summed E-state index contributed by atoms with van der Waals surface area (Å²) < 4.78 is 0. The van der Waals surface area contributed by atoms with E-state index in [-0.39, 0.29) is 23.2 Å². The Kier molecular flexibility index (Phi) is 4.43. The maximum atomic E-state index is 12.8. The summed E-state index contributed by atoms with van der Waals surface area (Å²) in [6.45, 7) is 7.22. The van der Waals surface area contributed by atoms with Crippen LogP contribution >= 0.6 is 11.3 Å². The van der Waals surface area contributed by atoms with Crippen LogP contribution in [-0.2, 0) is 5.41 Å². The van der Waals surface area contributed by atoms with Gasteiger partial charge in [-0.2, -0.15) is 0 Å². The molecule has 5 nitrogen and oxygen atoms in total. The van der Waals surface area contributed by atoms with Gasteiger partial charge in [-0.05, 0) is 25.3 Å². The summed E-state index contributed by atoms with van der Waals surface area (Å²) in [7, 11) is 0. The molecule has 6 heteroatoms. The number of thiazole rings is 1. The summed E-state index contributed by atoms with van der Waals surface area (Å²) in [6, 6.07) is 1.77. The average molecular weight is 330 g/mol. The zero-order chi connectivity index (χ0) is 16.4. The lowest BCUT2D eigenvalue weighted by Crippen LogP contribution is -2.39. The molecule has 1 aliphatic heterocycles. The van der Waals surface area contributed by atoms with Crippen molar-refractivity contribution in [2.75, 3.05) is 6.54 Å². The molecule has 1 amide bonds. The SMILES string of the molecule is CC(C)(C)c1csc([C@H]2CCCCN2C(=O)c2ncccn2)n1. The van der Waals surface area contributed by atoms with E-state index in [9.17, 15) is 4.79 Å². The van der Waals surface area contributed by atoms with Gasteiger partial charge in [0, 0.05) is 29.7 Å². The topological polar surface area (TPSA) is 59.0 Å². The number of likely N-dealkylation sites (tertiary alicyclic amines) is 1. The normalized spacial score (nSPS) is 18.9. The van der Waals surface area contributed by atoms with E-state index < -0.39 is 0 Å². The van der Waals surface area contributed by atoms with Crippen molar-refractivity contribution in [3.63, 3.8) is 0 Å². The molecule has 0 aromatic carbocycles. The van der Waals surface area contributed by atoms with Crippen LogP contribution in [-0.4, -0.2) is 32.3 Å². The molecule has 1 aliphatic rings. The third-order valence-corrected chi connectivity index (χ3v) is 5.04. The van der Waals surface area contributed by atoms with E-state index in [0.717, 1.165) is 36.5 Å². The van der Waals surface area contributed by atoms with Crippen molar-refractivity contribution >= 4 is 17.2 Å². The Morgan fingerprint density at radius 3 is 2.65 bits per heavy atom. The molecule has 2 aromatic rings. The van der Waals surface area contributed by atoms with Gasteiger partial charge in [0.05, 0.1) is 11.7 Å². The van der Waals surface area contributed by atoms with E-state index in [2.05, 4.69) is 36.1 Å². The Morgan fingerprint density at radius 1 is 1.26 bits per heavy atom. The fourth-order valence-corrected chi connectivity index (χ4v) is 3.95. The Balaban J connectivity index is 1.87. The minimum absolute atomic E-state index is 0.0286. The summed E-state index contributed by atoms with van der Waals surface area (Å²) in [4.78, 5) is 27.7.